The second-order valence-electron chi connectivity index (χ2n) is 4.47. The summed E-state index contributed by atoms with van der Waals surface area (Å²) in [6.07, 6.45) is 1.68. The lowest BCUT2D eigenvalue weighted by Gasteiger charge is -2.30. The summed E-state index contributed by atoms with van der Waals surface area (Å²) >= 11 is 9.52. The molecule has 0 spiro atoms. The minimum atomic E-state index is -0.675. The minimum Gasteiger partial charge on any atom is -0.368 e. The highest BCUT2D eigenvalue weighted by molar-refractivity contribution is 9.10. The molecule has 0 N–H and O–H groups in total. The highest BCUT2D eigenvalue weighted by Gasteiger charge is 2.35. The van der Waals surface area contributed by atoms with Crippen LogP contribution in [0.2, 0.25) is 5.02 Å². The van der Waals surface area contributed by atoms with E-state index in [1.807, 2.05) is 39.0 Å². The van der Waals surface area contributed by atoms with Gasteiger partial charge in [0.25, 0.3) is 0 Å². The largest absolute Gasteiger partial charge is 0.368 e. The van der Waals surface area contributed by atoms with Crippen molar-refractivity contribution >= 4 is 33.3 Å². The van der Waals surface area contributed by atoms with Gasteiger partial charge in [-0.05, 0) is 37.5 Å². The van der Waals surface area contributed by atoms with Crippen LogP contribution in [0, 0.1) is 0 Å². The molecule has 19 heavy (non-hydrogen) atoms. The number of rotatable bonds is 7. The van der Waals surface area contributed by atoms with Gasteiger partial charge < -0.3 is 4.74 Å². The van der Waals surface area contributed by atoms with E-state index in [9.17, 15) is 4.79 Å². The highest BCUT2D eigenvalue weighted by Crippen LogP contribution is 2.27. The van der Waals surface area contributed by atoms with Crippen molar-refractivity contribution in [1.82, 2.24) is 0 Å². The number of halogens is 2. The van der Waals surface area contributed by atoms with Crippen LogP contribution in [0.5, 0.6) is 0 Å². The van der Waals surface area contributed by atoms with Crippen molar-refractivity contribution in [2.24, 2.45) is 0 Å². The fourth-order valence-corrected chi connectivity index (χ4v) is 2.94. The number of hydrogen-bond acceptors (Lipinski definition) is 2. The normalized spacial score (nSPS) is 11.6. The first-order valence-electron chi connectivity index (χ1n) is 6.60. The molecule has 1 aromatic carbocycles. The second-order valence-corrected chi connectivity index (χ2v) is 5.79. The Kier molecular flexibility index (Phi) is 6.51. The van der Waals surface area contributed by atoms with E-state index in [0.29, 0.717) is 30.9 Å². The monoisotopic (exact) mass is 346 g/mol. The molecule has 0 atom stereocenters. The maximum atomic E-state index is 12.5. The molecule has 0 heterocycles. The molecular formula is C15H20BrClO2. The fraction of sp³-hybridized carbons (Fsp3) is 0.533. The highest BCUT2D eigenvalue weighted by atomic mass is 79.9. The summed E-state index contributed by atoms with van der Waals surface area (Å²) in [6, 6.07) is 5.59. The van der Waals surface area contributed by atoms with Crippen LogP contribution in [0.4, 0.5) is 0 Å². The van der Waals surface area contributed by atoms with E-state index in [-0.39, 0.29) is 5.78 Å². The number of ketones is 1. The summed E-state index contributed by atoms with van der Waals surface area (Å²) < 4.78 is 6.64. The lowest BCUT2D eigenvalue weighted by Crippen LogP contribution is -2.41. The molecule has 0 aromatic heterocycles. The van der Waals surface area contributed by atoms with Crippen LogP contribution in [0.25, 0.3) is 0 Å². The van der Waals surface area contributed by atoms with Crippen LogP contribution >= 0.6 is 27.5 Å². The van der Waals surface area contributed by atoms with Crippen LogP contribution in [0.15, 0.2) is 22.7 Å². The molecule has 106 valence electrons. The van der Waals surface area contributed by atoms with Gasteiger partial charge in [-0.25, -0.2) is 0 Å². The van der Waals surface area contributed by atoms with E-state index in [1.165, 1.54) is 0 Å². The van der Waals surface area contributed by atoms with Gasteiger partial charge in [0.15, 0.2) is 5.78 Å². The van der Waals surface area contributed by atoms with Crippen molar-refractivity contribution in [3.05, 3.63) is 33.3 Å². The number of benzene rings is 1. The minimum absolute atomic E-state index is 0.101. The summed E-state index contributed by atoms with van der Waals surface area (Å²) in [5.74, 6) is 0.101. The van der Waals surface area contributed by atoms with E-state index in [1.54, 1.807) is 0 Å². The zero-order chi connectivity index (χ0) is 14.5. The average molecular weight is 348 g/mol. The molecule has 0 radical (unpaired) electrons. The summed E-state index contributed by atoms with van der Waals surface area (Å²) in [4.78, 5) is 12.5. The van der Waals surface area contributed by atoms with Gasteiger partial charge in [0, 0.05) is 22.5 Å². The molecule has 0 bridgehead atoms. The Morgan fingerprint density at radius 3 is 2.42 bits per heavy atom. The molecule has 2 nitrogen and oxygen atoms in total. The van der Waals surface area contributed by atoms with E-state index in [2.05, 4.69) is 15.9 Å². The number of carbonyl (C=O) groups is 1. The fourth-order valence-electron chi connectivity index (χ4n) is 2.20. The zero-order valence-electron chi connectivity index (χ0n) is 11.6. The second kappa shape index (κ2) is 7.41. The molecule has 0 amide bonds. The lowest BCUT2D eigenvalue weighted by atomic mass is 9.88. The zero-order valence-corrected chi connectivity index (χ0v) is 14.0. The van der Waals surface area contributed by atoms with Gasteiger partial charge in [-0.3, -0.25) is 4.79 Å². The first kappa shape index (κ1) is 16.7. The maximum Gasteiger partial charge on any atom is 0.169 e. The van der Waals surface area contributed by atoms with Gasteiger partial charge >= 0.3 is 0 Å². The quantitative estimate of drug-likeness (QED) is 0.707. The number of Topliss-reactive ketones (excluding diaryl/α,β-unsaturated/α-hetero) is 1. The van der Waals surface area contributed by atoms with E-state index < -0.39 is 5.60 Å². The average Bonchev–Trinajstić information content (AvgIpc) is 2.39. The molecule has 0 aliphatic heterocycles. The van der Waals surface area contributed by atoms with E-state index in [4.69, 9.17) is 16.3 Å². The Hall–Kier alpha value is -0.380. The van der Waals surface area contributed by atoms with Gasteiger partial charge in [-0.1, -0.05) is 47.4 Å². The third kappa shape index (κ3) is 4.04. The Morgan fingerprint density at radius 1 is 1.32 bits per heavy atom. The molecule has 0 aliphatic rings. The van der Waals surface area contributed by atoms with Crippen molar-refractivity contribution in [2.75, 3.05) is 6.61 Å². The number of carbonyl (C=O) groups excluding carboxylic acids is 1. The molecule has 4 heteroatoms. The predicted molar refractivity (Wildman–Crippen MR) is 82.8 cm³/mol. The van der Waals surface area contributed by atoms with Crippen molar-refractivity contribution < 1.29 is 9.53 Å². The molecule has 0 saturated heterocycles. The summed E-state index contributed by atoms with van der Waals surface area (Å²) in [5, 5.41) is 0.611. The smallest absolute Gasteiger partial charge is 0.169 e. The molecular weight excluding hydrogens is 328 g/mol. The van der Waals surface area contributed by atoms with Crippen LogP contribution in [0.1, 0.15) is 39.2 Å². The number of hydrogen-bond donors (Lipinski definition) is 0. The Morgan fingerprint density at radius 2 is 1.95 bits per heavy atom. The third-order valence-corrected chi connectivity index (χ3v) is 4.28. The molecule has 1 aromatic rings. The molecule has 0 unspecified atom stereocenters. The first-order chi connectivity index (χ1) is 8.99. The van der Waals surface area contributed by atoms with Crippen molar-refractivity contribution in [2.45, 2.75) is 45.6 Å². The van der Waals surface area contributed by atoms with Crippen LogP contribution in [-0.4, -0.2) is 18.0 Å². The third-order valence-electron chi connectivity index (χ3n) is 3.44. The first-order valence-corrected chi connectivity index (χ1v) is 7.77. The molecule has 0 fully saturated rings. The Balaban J connectivity index is 2.93. The number of ether oxygens (including phenoxy) is 1. The van der Waals surface area contributed by atoms with Gasteiger partial charge in [0.2, 0.25) is 0 Å². The van der Waals surface area contributed by atoms with Crippen LogP contribution in [-0.2, 0) is 16.0 Å². The molecule has 0 saturated carbocycles. The molecule has 0 aliphatic carbocycles. The summed E-state index contributed by atoms with van der Waals surface area (Å²) in [7, 11) is 0. The van der Waals surface area contributed by atoms with Gasteiger partial charge in [0.1, 0.15) is 5.60 Å². The van der Waals surface area contributed by atoms with E-state index in [0.717, 1.165) is 10.0 Å². The van der Waals surface area contributed by atoms with Crippen molar-refractivity contribution in [1.29, 1.82) is 0 Å². The summed E-state index contributed by atoms with van der Waals surface area (Å²) in [6.45, 7) is 6.43. The Labute approximate surface area is 128 Å². The van der Waals surface area contributed by atoms with Crippen LogP contribution in [0.3, 0.4) is 0 Å². The van der Waals surface area contributed by atoms with Gasteiger partial charge in [-0.2, -0.15) is 0 Å². The lowest BCUT2D eigenvalue weighted by molar-refractivity contribution is -0.144. The Bertz CT molecular complexity index is 442. The maximum absolute atomic E-state index is 12.5. The van der Waals surface area contributed by atoms with Crippen molar-refractivity contribution in [3.8, 4) is 0 Å². The topological polar surface area (TPSA) is 26.3 Å². The van der Waals surface area contributed by atoms with Gasteiger partial charge in [0.05, 0.1) is 0 Å². The SMILES string of the molecule is CCOC(CC)(CC)C(=O)Cc1ccc(Br)cc1Cl. The standard InChI is InChI=1S/C15H20BrClO2/c1-4-15(5-2,19-6-3)14(18)9-11-7-8-12(16)10-13(11)17/h7-8,10H,4-6,9H2,1-3H3. The van der Waals surface area contributed by atoms with Gasteiger partial charge in [-0.15, -0.1) is 0 Å². The molecule has 1 rings (SSSR count). The van der Waals surface area contributed by atoms with E-state index >= 15 is 0 Å². The van der Waals surface area contributed by atoms with Crippen LogP contribution < -0.4 is 0 Å². The predicted octanol–water partition coefficient (Wildman–Crippen LogP) is 4.81. The summed E-state index contributed by atoms with van der Waals surface area (Å²) in [5.41, 5.74) is 0.173. The van der Waals surface area contributed by atoms with Crippen molar-refractivity contribution in [3.63, 3.8) is 0 Å².